The molecule has 0 aliphatic carbocycles. The minimum atomic E-state index is 0.263. The summed E-state index contributed by atoms with van der Waals surface area (Å²) in [6.07, 6.45) is 3.96. The molecule has 20 heavy (non-hydrogen) atoms. The van der Waals surface area contributed by atoms with Crippen molar-refractivity contribution in [3.8, 4) is 0 Å². The maximum atomic E-state index is 4.38. The van der Waals surface area contributed by atoms with E-state index in [0.717, 1.165) is 25.1 Å². The molecule has 1 aromatic carbocycles. The average molecular weight is 289 g/mol. The molecule has 0 aliphatic heterocycles. The van der Waals surface area contributed by atoms with Gasteiger partial charge in [-0.15, -0.1) is 0 Å². The van der Waals surface area contributed by atoms with Crippen LogP contribution in [0.15, 0.2) is 30.5 Å². The van der Waals surface area contributed by atoms with Gasteiger partial charge in [-0.05, 0) is 36.4 Å². The third-order valence-electron chi connectivity index (χ3n) is 3.46. The van der Waals surface area contributed by atoms with Gasteiger partial charge in [0.25, 0.3) is 0 Å². The number of hydrogen-bond acceptors (Lipinski definition) is 4. The van der Waals surface area contributed by atoms with Gasteiger partial charge in [-0.3, -0.25) is 0 Å². The Morgan fingerprint density at radius 1 is 1.20 bits per heavy atom. The average Bonchev–Trinajstić information content (AvgIpc) is 2.98. The minimum Gasteiger partial charge on any atom is -0.308 e. The van der Waals surface area contributed by atoms with Crippen LogP contribution in [0.25, 0.3) is 0 Å². The summed E-state index contributed by atoms with van der Waals surface area (Å²) in [6, 6.07) is 9.19. The van der Waals surface area contributed by atoms with E-state index in [9.17, 15) is 0 Å². The molecule has 1 atom stereocenters. The summed E-state index contributed by atoms with van der Waals surface area (Å²) >= 11 is 1.28. The molecule has 0 fully saturated rings. The van der Waals surface area contributed by atoms with Crippen molar-refractivity contribution in [2.75, 3.05) is 6.54 Å². The molecule has 1 aromatic heterocycles. The topological polar surface area (TPSA) is 37.8 Å². The van der Waals surface area contributed by atoms with E-state index >= 15 is 0 Å². The second kappa shape index (κ2) is 7.50. The molecule has 0 saturated heterocycles. The molecule has 3 nitrogen and oxygen atoms in total. The highest BCUT2D eigenvalue weighted by Gasteiger charge is 2.14. The van der Waals surface area contributed by atoms with E-state index in [2.05, 4.69) is 59.1 Å². The lowest BCUT2D eigenvalue weighted by Gasteiger charge is -2.16. The van der Waals surface area contributed by atoms with Gasteiger partial charge in [-0.2, -0.15) is 8.75 Å². The van der Waals surface area contributed by atoms with Crippen LogP contribution in [0.3, 0.4) is 0 Å². The Hall–Kier alpha value is -1.26. The number of hydrogen-bond donors (Lipinski definition) is 1. The third kappa shape index (κ3) is 4.12. The van der Waals surface area contributed by atoms with Crippen LogP contribution in [0.1, 0.15) is 56.0 Å². The number of nitrogens with zero attached hydrogens (tertiary/aromatic N) is 2. The number of nitrogens with one attached hydrogen (secondary N) is 1. The Balaban J connectivity index is 2.07. The highest BCUT2D eigenvalue weighted by molar-refractivity contribution is 6.99. The number of rotatable bonds is 7. The molecule has 0 spiro atoms. The number of benzene rings is 1. The molecule has 2 rings (SSSR count). The SMILES string of the molecule is CCCNC(Cc1ccc(C(C)C)cc1)c1cnsn1. The van der Waals surface area contributed by atoms with E-state index in [4.69, 9.17) is 0 Å². The summed E-state index contributed by atoms with van der Waals surface area (Å²) in [4.78, 5) is 0. The minimum absolute atomic E-state index is 0.263. The van der Waals surface area contributed by atoms with Crippen LogP contribution in [0.5, 0.6) is 0 Å². The van der Waals surface area contributed by atoms with Crippen molar-refractivity contribution >= 4 is 11.7 Å². The molecule has 0 aliphatic rings. The molecule has 0 amide bonds. The Kier molecular flexibility index (Phi) is 5.68. The van der Waals surface area contributed by atoms with E-state index in [1.807, 2.05) is 6.20 Å². The Morgan fingerprint density at radius 3 is 2.50 bits per heavy atom. The molecule has 0 radical (unpaired) electrons. The van der Waals surface area contributed by atoms with E-state index in [1.54, 1.807) is 0 Å². The predicted octanol–water partition coefficient (Wildman–Crippen LogP) is 3.94. The van der Waals surface area contributed by atoms with Crippen LogP contribution in [-0.4, -0.2) is 15.3 Å². The summed E-state index contributed by atoms with van der Waals surface area (Å²) in [7, 11) is 0. The molecule has 1 heterocycles. The van der Waals surface area contributed by atoms with E-state index in [1.165, 1.54) is 22.9 Å². The largest absolute Gasteiger partial charge is 0.308 e. The Morgan fingerprint density at radius 2 is 1.95 bits per heavy atom. The quantitative estimate of drug-likeness (QED) is 0.839. The lowest BCUT2D eigenvalue weighted by atomic mass is 9.98. The number of aromatic nitrogens is 2. The van der Waals surface area contributed by atoms with Gasteiger partial charge in [0.05, 0.1) is 29.7 Å². The zero-order valence-corrected chi connectivity index (χ0v) is 13.3. The van der Waals surface area contributed by atoms with Crippen molar-refractivity contribution in [2.45, 2.75) is 45.6 Å². The summed E-state index contributed by atoms with van der Waals surface area (Å²) < 4.78 is 8.50. The monoisotopic (exact) mass is 289 g/mol. The van der Waals surface area contributed by atoms with Gasteiger partial charge in [-0.25, -0.2) is 0 Å². The van der Waals surface area contributed by atoms with Crippen LogP contribution < -0.4 is 5.32 Å². The van der Waals surface area contributed by atoms with E-state index < -0.39 is 0 Å². The second-order valence-electron chi connectivity index (χ2n) is 5.44. The lowest BCUT2D eigenvalue weighted by molar-refractivity contribution is 0.521. The molecule has 2 aromatic rings. The van der Waals surface area contributed by atoms with E-state index in [0.29, 0.717) is 5.92 Å². The fourth-order valence-electron chi connectivity index (χ4n) is 2.20. The second-order valence-corrected chi connectivity index (χ2v) is 6.00. The van der Waals surface area contributed by atoms with Gasteiger partial charge in [-0.1, -0.05) is 45.0 Å². The van der Waals surface area contributed by atoms with Gasteiger partial charge >= 0.3 is 0 Å². The zero-order chi connectivity index (χ0) is 14.4. The van der Waals surface area contributed by atoms with Crippen molar-refractivity contribution < 1.29 is 0 Å². The highest BCUT2D eigenvalue weighted by atomic mass is 32.1. The first kappa shape index (κ1) is 15.1. The molecule has 108 valence electrons. The van der Waals surface area contributed by atoms with E-state index in [-0.39, 0.29) is 6.04 Å². The van der Waals surface area contributed by atoms with Crippen molar-refractivity contribution in [2.24, 2.45) is 0 Å². The standard InChI is InChI=1S/C16H23N3S/c1-4-9-17-15(16-11-18-20-19-16)10-13-5-7-14(8-6-13)12(2)3/h5-8,11-12,15,17H,4,9-10H2,1-3H3. The molecule has 4 heteroatoms. The molecule has 1 unspecified atom stereocenters. The molecular weight excluding hydrogens is 266 g/mol. The van der Waals surface area contributed by atoms with Crippen molar-refractivity contribution in [1.82, 2.24) is 14.1 Å². The van der Waals surface area contributed by atoms with Gasteiger partial charge in [0, 0.05) is 0 Å². The Bertz CT molecular complexity index is 491. The summed E-state index contributed by atoms with van der Waals surface area (Å²) in [5, 5.41) is 3.56. The smallest absolute Gasteiger partial charge is 0.0915 e. The molecular formula is C16H23N3S. The predicted molar refractivity (Wildman–Crippen MR) is 85.2 cm³/mol. The van der Waals surface area contributed by atoms with Crippen molar-refractivity contribution in [3.63, 3.8) is 0 Å². The van der Waals surface area contributed by atoms with Crippen molar-refractivity contribution in [3.05, 3.63) is 47.3 Å². The van der Waals surface area contributed by atoms with Gasteiger partial charge in [0.15, 0.2) is 0 Å². The summed E-state index contributed by atoms with van der Waals surface area (Å²) in [6.45, 7) is 7.64. The Labute approximate surface area is 125 Å². The summed E-state index contributed by atoms with van der Waals surface area (Å²) in [5.41, 5.74) is 3.79. The van der Waals surface area contributed by atoms with Gasteiger partial charge in [0.2, 0.25) is 0 Å². The first-order valence-electron chi connectivity index (χ1n) is 7.30. The van der Waals surface area contributed by atoms with Crippen LogP contribution in [-0.2, 0) is 6.42 Å². The third-order valence-corrected chi connectivity index (χ3v) is 3.95. The molecule has 0 bridgehead atoms. The lowest BCUT2D eigenvalue weighted by Crippen LogP contribution is -2.24. The normalized spacial score (nSPS) is 12.8. The maximum Gasteiger partial charge on any atom is 0.0915 e. The first-order valence-corrected chi connectivity index (χ1v) is 8.03. The highest BCUT2D eigenvalue weighted by Crippen LogP contribution is 2.20. The van der Waals surface area contributed by atoms with Crippen LogP contribution in [0.4, 0.5) is 0 Å². The van der Waals surface area contributed by atoms with Crippen molar-refractivity contribution in [1.29, 1.82) is 0 Å². The summed E-state index contributed by atoms with van der Waals surface area (Å²) in [5.74, 6) is 0.584. The molecule has 0 saturated carbocycles. The van der Waals surface area contributed by atoms with Gasteiger partial charge in [0.1, 0.15) is 0 Å². The van der Waals surface area contributed by atoms with Gasteiger partial charge < -0.3 is 5.32 Å². The van der Waals surface area contributed by atoms with Crippen LogP contribution in [0, 0.1) is 0 Å². The van der Waals surface area contributed by atoms with Crippen LogP contribution in [0.2, 0.25) is 0 Å². The fourth-order valence-corrected chi connectivity index (χ4v) is 2.67. The zero-order valence-electron chi connectivity index (χ0n) is 12.5. The molecule has 1 N–H and O–H groups in total. The maximum absolute atomic E-state index is 4.38. The fraction of sp³-hybridized carbons (Fsp3) is 0.500. The first-order chi connectivity index (χ1) is 9.70. The van der Waals surface area contributed by atoms with Crippen LogP contribution >= 0.6 is 11.7 Å².